The van der Waals surface area contributed by atoms with Crippen LogP contribution in [0.1, 0.15) is 29.7 Å². The van der Waals surface area contributed by atoms with Crippen molar-refractivity contribution < 1.29 is 14.3 Å². The molecule has 29 heavy (non-hydrogen) atoms. The summed E-state index contributed by atoms with van der Waals surface area (Å²) in [7, 11) is 3.17. The van der Waals surface area contributed by atoms with Crippen LogP contribution >= 0.6 is 12.2 Å². The van der Waals surface area contributed by atoms with Gasteiger partial charge in [0.25, 0.3) is 5.91 Å². The number of amides is 1. The molecule has 1 amide bonds. The van der Waals surface area contributed by atoms with Crippen molar-refractivity contribution in [1.82, 2.24) is 10.6 Å². The monoisotopic (exact) mass is 411 g/mol. The molecule has 1 aliphatic rings. The van der Waals surface area contributed by atoms with E-state index < -0.39 is 6.04 Å². The summed E-state index contributed by atoms with van der Waals surface area (Å²) in [5.41, 5.74) is 5.14. The number of nitrogens with one attached hydrogen (secondary N) is 3. The fourth-order valence-corrected chi connectivity index (χ4v) is 3.57. The van der Waals surface area contributed by atoms with Gasteiger partial charge in [-0.15, -0.1) is 0 Å². The molecule has 0 fully saturated rings. The highest BCUT2D eigenvalue weighted by molar-refractivity contribution is 7.80. The van der Waals surface area contributed by atoms with Crippen molar-refractivity contribution in [1.29, 1.82) is 0 Å². The molecule has 1 atom stereocenters. The van der Waals surface area contributed by atoms with Crippen molar-refractivity contribution in [3.63, 3.8) is 0 Å². The number of hydrogen-bond donors (Lipinski definition) is 3. The molecular formula is C22H25N3O3S. The molecule has 0 unspecified atom stereocenters. The first kappa shape index (κ1) is 20.7. The number of anilines is 1. The van der Waals surface area contributed by atoms with Crippen molar-refractivity contribution in [2.45, 2.75) is 26.8 Å². The molecule has 0 saturated heterocycles. The molecule has 1 heterocycles. The van der Waals surface area contributed by atoms with Gasteiger partial charge in [-0.2, -0.15) is 0 Å². The van der Waals surface area contributed by atoms with Gasteiger partial charge in [-0.3, -0.25) is 4.79 Å². The Morgan fingerprint density at radius 2 is 1.72 bits per heavy atom. The Balaban J connectivity index is 1.97. The first-order valence-electron chi connectivity index (χ1n) is 9.23. The quantitative estimate of drug-likeness (QED) is 0.651. The summed E-state index contributed by atoms with van der Waals surface area (Å²) in [5, 5.41) is 9.71. The number of hydrogen-bond acceptors (Lipinski definition) is 4. The lowest BCUT2D eigenvalue weighted by molar-refractivity contribution is -0.113. The first-order valence-corrected chi connectivity index (χ1v) is 9.63. The van der Waals surface area contributed by atoms with Crippen LogP contribution in [0.5, 0.6) is 11.5 Å². The average molecular weight is 412 g/mol. The Hall–Kier alpha value is -3.06. The van der Waals surface area contributed by atoms with Gasteiger partial charge in [-0.1, -0.05) is 12.1 Å². The number of carbonyl (C=O) groups is 1. The van der Waals surface area contributed by atoms with E-state index in [0.717, 1.165) is 16.8 Å². The molecule has 2 aromatic rings. The lowest BCUT2D eigenvalue weighted by atomic mass is 9.94. The normalized spacial score (nSPS) is 16.0. The third kappa shape index (κ3) is 4.35. The van der Waals surface area contributed by atoms with Crippen LogP contribution in [0.3, 0.4) is 0 Å². The van der Waals surface area contributed by atoms with E-state index in [1.165, 1.54) is 5.56 Å². The predicted molar refractivity (Wildman–Crippen MR) is 118 cm³/mol. The number of allylic oxidation sites excluding steroid dienone is 1. The second-order valence-electron chi connectivity index (χ2n) is 6.94. The van der Waals surface area contributed by atoms with E-state index in [9.17, 15) is 4.79 Å². The molecule has 0 aromatic heterocycles. The number of thiocarbonyl (C=S) groups is 1. The summed E-state index contributed by atoms with van der Waals surface area (Å²) in [4.78, 5) is 13.2. The highest BCUT2D eigenvalue weighted by Gasteiger charge is 2.30. The zero-order valence-corrected chi connectivity index (χ0v) is 18.0. The number of rotatable bonds is 5. The van der Waals surface area contributed by atoms with Gasteiger partial charge in [-0.25, -0.2) is 0 Å². The van der Waals surface area contributed by atoms with E-state index in [4.69, 9.17) is 21.7 Å². The van der Waals surface area contributed by atoms with Crippen molar-refractivity contribution in [3.8, 4) is 11.5 Å². The highest BCUT2D eigenvalue weighted by atomic mass is 32.1. The summed E-state index contributed by atoms with van der Waals surface area (Å²) in [6.45, 7) is 5.90. The van der Waals surface area contributed by atoms with Gasteiger partial charge in [0.1, 0.15) is 0 Å². The topological polar surface area (TPSA) is 71.6 Å². The molecule has 0 spiro atoms. The summed E-state index contributed by atoms with van der Waals surface area (Å²) >= 11 is 5.33. The zero-order chi connectivity index (χ0) is 21.1. The van der Waals surface area contributed by atoms with Gasteiger partial charge in [0.15, 0.2) is 16.6 Å². The largest absolute Gasteiger partial charge is 0.493 e. The summed E-state index contributed by atoms with van der Waals surface area (Å²) in [6.07, 6.45) is 0. The van der Waals surface area contributed by atoms with Gasteiger partial charge in [0, 0.05) is 11.4 Å². The average Bonchev–Trinajstić information content (AvgIpc) is 2.69. The van der Waals surface area contributed by atoms with Crippen LogP contribution in [0, 0.1) is 13.8 Å². The van der Waals surface area contributed by atoms with E-state index in [2.05, 4.69) is 16.0 Å². The number of benzene rings is 2. The molecular weight excluding hydrogens is 386 g/mol. The smallest absolute Gasteiger partial charge is 0.255 e. The first-order chi connectivity index (χ1) is 13.8. The SMILES string of the molecule is COc1ccc([C@@H]2NC(=S)NC(C)=C2C(=O)Nc2ccc(C)c(C)c2)cc1OC. The van der Waals surface area contributed by atoms with Crippen LogP contribution in [0.25, 0.3) is 0 Å². The Labute approximate surface area is 176 Å². The van der Waals surface area contributed by atoms with E-state index in [-0.39, 0.29) is 5.91 Å². The van der Waals surface area contributed by atoms with Gasteiger partial charge in [0.2, 0.25) is 0 Å². The summed E-state index contributed by atoms with van der Waals surface area (Å²) in [6, 6.07) is 11.0. The number of aryl methyl sites for hydroxylation is 2. The van der Waals surface area contributed by atoms with Crippen LogP contribution in [-0.4, -0.2) is 25.2 Å². The third-order valence-corrected chi connectivity index (χ3v) is 5.24. The van der Waals surface area contributed by atoms with Crippen molar-refractivity contribution in [2.75, 3.05) is 19.5 Å². The van der Waals surface area contributed by atoms with Gasteiger partial charge >= 0.3 is 0 Å². The summed E-state index contributed by atoms with van der Waals surface area (Å²) < 4.78 is 10.7. The minimum absolute atomic E-state index is 0.201. The lowest BCUT2D eigenvalue weighted by Gasteiger charge is -2.30. The van der Waals surface area contributed by atoms with Crippen molar-refractivity contribution in [2.24, 2.45) is 0 Å². The second-order valence-corrected chi connectivity index (χ2v) is 7.35. The molecule has 7 heteroatoms. The van der Waals surface area contributed by atoms with E-state index in [1.807, 2.05) is 57.2 Å². The summed E-state index contributed by atoms with van der Waals surface area (Å²) in [5.74, 6) is 1.01. The molecule has 2 aromatic carbocycles. The van der Waals surface area contributed by atoms with Crippen molar-refractivity contribution in [3.05, 3.63) is 64.4 Å². The molecule has 3 N–H and O–H groups in total. The molecule has 0 bridgehead atoms. The van der Waals surface area contributed by atoms with Crippen LogP contribution in [-0.2, 0) is 4.79 Å². The van der Waals surface area contributed by atoms with Crippen LogP contribution in [0.2, 0.25) is 0 Å². The zero-order valence-electron chi connectivity index (χ0n) is 17.2. The Bertz CT molecular complexity index is 1000. The van der Waals surface area contributed by atoms with E-state index in [0.29, 0.717) is 27.9 Å². The fraction of sp³-hybridized carbons (Fsp3) is 0.273. The molecule has 1 aliphatic heterocycles. The molecule has 0 saturated carbocycles. The number of ether oxygens (including phenoxy) is 2. The maximum Gasteiger partial charge on any atom is 0.255 e. The molecule has 3 rings (SSSR count). The lowest BCUT2D eigenvalue weighted by Crippen LogP contribution is -2.45. The minimum Gasteiger partial charge on any atom is -0.493 e. The molecule has 152 valence electrons. The van der Waals surface area contributed by atoms with Gasteiger partial charge in [0.05, 0.1) is 25.8 Å². The third-order valence-electron chi connectivity index (χ3n) is 5.02. The van der Waals surface area contributed by atoms with Gasteiger partial charge < -0.3 is 25.4 Å². The predicted octanol–water partition coefficient (Wildman–Crippen LogP) is 3.75. The van der Waals surface area contributed by atoms with Gasteiger partial charge in [-0.05, 0) is 73.9 Å². The second kappa shape index (κ2) is 8.53. The maximum absolute atomic E-state index is 13.2. The van der Waals surface area contributed by atoms with E-state index in [1.54, 1.807) is 14.2 Å². The maximum atomic E-state index is 13.2. The molecule has 0 aliphatic carbocycles. The highest BCUT2D eigenvalue weighted by Crippen LogP contribution is 2.34. The number of methoxy groups -OCH3 is 2. The fourth-order valence-electron chi connectivity index (χ4n) is 3.29. The van der Waals surface area contributed by atoms with Crippen LogP contribution in [0.15, 0.2) is 47.7 Å². The molecule has 6 nitrogen and oxygen atoms in total. The Morgan fingerprint density at radius 3 is 2.38 bits per heavy atom. The van der Waals surface area contributed by atoms with Crippen LogP contribution in [0.4, 0.5) is 5.69 Å². The molecule has 0 radical (unpaired) electrons. The number of carbonyl (C=O) groups excluding carboxylic acids is 1. The Morgan fingerprint density at radius 1 is 1.00 bits per heavy atom. The Kier molecular flexibility index (Phi) is 6.08. The standard InChI is InChI=1S/C22H25N3O3S/c1-12-6-8-16(10-13(12)2)24-21(26)19-14(3)23-22(29)25-20(19)15-7-9-17(27-4)18(11-15)28-5/h6-11,20H,1-5H3,(H,24,26)(H2,23,25,29)/t20-/m0/s1. The van der Waals surface area contributed by atoms with Crippen LogP contribution < -0.4 is 25.4 Å². The minimum atomic E-state index is -0.421. The van der Waals surface area contributed by atoms with Crippen molar-refractivity contribution >= 4 is 28.9 Å². The van der Waals surface area contributed by atoms with E-state index >= 15 is 0 Å².